The molecule has 118 valence electrons. The number of aliphatic hydroxyl groups is 2. The molecule has 3 N–H and O–H groups in total. The molecule has 0 aromatic rings. The van der Waals surface area contributed by atoms with Crippen molar-refractivity contribution in [3.05, 3.63) is 0 Å². The molecule has 0 spiro atoms. The van der Waals surface area contributed by atoms with Gasteiger partial charge in [-0.05, 0) is 6.42 Å². The zero-order valence-electron chi connectivity index (χ0n) is 12.8. The highest BCUT2D eigenvalue weighted by molar-refractivity contribution is 5.85. The summed E-state index contributed by atoms with van der Waals surface area (Å²) in [5.41, 5.74) is 0. The molecule has 0 fully saturated rings. The summed E-state index contributed by atoms with van der Waals surface area (Å²) in [6.07, 6.45) is 13.4. The molecule has 0 saturated heterocycles. The van der Waals surface area contributed by atoms with Crippen LogP contribution in [0.25, 0.3) is 0 Å². The van der Waals surface area contributed by atoms with E-state index in [1.54, 1.807) is 6.92 Å². The van der Waals surface area contributed by atoms with Crippen molar-refractivity contribution in [2.45, 2.75) is 90.4 Å². The van der Waals surface area contributed by atoms with Crippen LogP contribution in [0.1, 0.15) is 84.5 Å². The summed E-state index contributed by atoms with van der Waals surface area (Å²) in [5, 5.41) is 21.4. The summed E-state index contributed by atoms with van der Waals surface area (Å²) in [6, 6.07) is 0. The van der Waals surface area contributed by atoms with Gasteiger partial charge in [0.05, 0.1) is 0 Å². The average Bonchev–Trinajstić information content (AvgIpc) is 2.36. The molecule has 0 heterocycles. The molecule has 0 amide bonds. The second kappa shape index (κ2) is 14.6. The molecule has 0 aromatic heterocycles. The fourth-order valence-electron chi connectivity index (χ4n) is 2.03. The first-order valence-corrected chi connectivity index (χ1v) is 7.82. The Balaban J connectivity index is 0. The van der Waals surface area contributed by atoms with Crippen LogP contribution in [0.3, 0.4) is 0 Å². The van der Waals surface area contributed by atoms with E-state index < -0.39 is 5.91 Å². The van der Waals surface area contributed by atoms with Gasteiger partial charge in [0.1, 0.15) is 0 Å². The van der Waals surface area contributed by atoms with Crippen molar-refractivity contribution in [2.24, 2.45) is 0 Å². The van der Waals surface area contributed by atoms with Crippen molar-refractivity contribution >= 4 is 12.4 Å². The Bertz CT molecular complexity index is 178. The smallest absolute Gasteiger partial charge is 0.222 e. The largest absolute Gasteiger partial charge is 0.353 e. The number of unbranched alkanes of at least 4 members (excludes halogenated alkanes) is 9. The third-order valence-electron chi connectivity index (χ3n) is 3.43. The van der Waals surface area contributed by atoms with Crippen LogP contribution in [0.15, 0.2) is 0 Å². The highest BCUT2D eigenvalue weighted by Crippen LogP contribution is 2.10. The van der Waals surface area contributed by atoms with Crippen LogP contribution in [0.4, 0.5) is 0 Å². The second-order valence-corrected chi connectivity index (χ2v) is 5.28. The number of hydrogen-bond donors (Lipinski definition) is 3. The summed E-state index contributed by atoms with van der Waals surface area (Å²) < 4.78 is 0. The molecule has 0 aliphatic heterocycles. The zero-order chi connectivity index (χ0) is 13.7. The van der Waals surface area contributed by atoms with Crippen LogP contribution in [0, 0.1) is 0 Å². The summed E-state index contributed by atoms with van der Waals surface area (Å²) in [5.74, 6) is -1.67. The molecule has 0 saturated carbocycles. The van der Waals surface area contributed by atoms with E-state index in [1.165, 1.54) is 57.8 Å². The van der Waals surface area contributed by atoms with E-state index in [1.807, 2.05) is 0 Å². The molecular weight excluding hydrogens is 262 g/mol. The molecule has 0 radical (unpaired) electrons. The van der Waals surface area contributed by atoms with E-state index in [0.29, 0.717) is 13.0 Å². The number of nitrogens with one attached hydrogen (secondary N) is 1. The Morgan fingerprint density at radius 2 is 1.16 bits per heavy atom. The first kappa shape index (κ1) is 21.5. The Hall–Kier alpha value is 0.170. The van der Waals surface area contributed by atoms with Crippen molar-refractivity contribution in [1.29, 1.82) is 0 Å². The summed E-state index contributed by atoms with van der Waals surface area (Å²) in [6.45, 7) is 4.70. The topological polar surface area (TPSA) is 52.5 Å². The van der Waals surface area contributed by atoms with Gasteiger partial charge in [0.25, 0.3) is 0 Å². The number of rotatable bonds is 13. The van der Waals surface area contributed by atoms with Crippen LogP contribution >= 0.6 is 12.4 Å². The Morgan fingerprint density at radius 1 is 0.737 bits per heavy atom. The highest BCUT2D eigenvalue weighted by atomic mass is 35.5. The van der Waals surface area contributed by atoms with Gasteiger partial charge in [0.2, 0.25) is 5.91 Å². The predicted molar refractivity (Wildman–Crippen MR) is 84.6 cm³/mol. The van der Waals surface area contributed by atoms with Gasteiger partial charge in [-0.2, -0.15) is 0 Å². The lowest BCUT2D eigenvalue weighted by Crippen LogP contribution is -2.44. The molecule has 0 atom stereocenters. The summed E-state index contributed by atoms with van der Waals surface area (Å²) in [4.78, 5) is 0. The van der Waals surface area contributed by atoms with Gasteiger partial charge in [0.15, 0.2) is 0 Å². The predicted octanol–water partition coefficient (Wildman–Crippen LogP) is 3.97. The third-order valence-corrected chi connectivity index (χ3v) is 3.43. The van der Waals surface area contributed by atoms with E-state index in [-0.39, 0.29) is 12.4 Å². The minimum Gasteiger partial charge on any atom is -0.353 e. The maximum absolute atomic E-state index is 9.31. The SMILES string of the molecule is CCCCCCCCCCCCNC(O)(O)CC.Cl. The Morgan fingerprint density at radius 3 is 1.58 bits per heavy atom. The molecule has 4 heteroatoms. The van der Waals surface area contributed by atoms with Gasteiger partial charge in [-0.25, -0.2) is 0 Å². The molecule has 0 rings (SSSR count). The van der Waals surface area contributed by atoms with E-state index in [2.05, 4.69) is 12.2 Å². The highest BCUT2D eigenvalue weighted by Gasteiger charge is 2.17. The minimum absolute atomic E-state index is 0. The lowest BCUT2D eigenvalue weighted by atomic mass is 10.1. The van der Waals surface area contributed by atoms with Gasteiger partial charge in [-0.15, -0.1) is 12.4 Å². The lowest BCUT2D eigenvalue weighted by Gasteiger charge is -2.20. The molecule has 0 aliphatic rings. The van der Waals surface area contributed by atoms with Gasteiger partial charge in [0, 0.05) is 13.0 Å². The molecule has 0 bridgehead atoms. The van der Waals surface area contributed by atoms with Crippen LogP contribution in [0.5, 0.6) is 0 Å². The maximum atomic E-state index is 9.31. The third kappa shape index (κ3) is 16.1. The molecule has 19 heavy (non-hydrogen) atoms. The van der Waals surface area contributed by atoms with Gasteiger partial charge in [-0.3, -0.25) is 5.32 Å². The standard InChI is InChI=1S/C15H33NO2.ClH/c1-3-5-6-7-8-9-10-11-12-13-14-16-15(17,18)4-2;/h16-18H,3-14H2,1-2H3;1H. The lowest BCUT2D eigenvalue weighted by molar-refractivity contribution is -0.186. The number of hydrogen-bond acceptors (Lipinski definition) is 3. The quantitative estimate of drug-likeness (QED) is 0.356. The first-order valence-electron chi connectivity index (χ1n) is 7.82. The van der Waals surface area contributed by atoms with E-state index in [9.17, 15) is 10.2 Å². The van der Waals surface area contributed by atoms with Crippen molar-refractivity contribution < 1.29 is 10.2 Å². The second-order valence-electron chi connectivity index (χ2n) is 5.28. The van der Waals surface area contributed by atoms with E-state index in [4.69, 9.17) is 0 Å². The molecular formula is C15H34ClNO2. The van der Waals surface area contributed by atoms with E-state index in [0.717, 1.165) is 6.42 Å². The summed E-state index contributed by atoms with van der Waals surface area (Å²) >= 11 is 0. The van der Waals surface area contributed by atoms with Crippen molar-refractivity contribution in [1.82, 2.24) is 5.32 Å². The monoisotopic (exact) mass is 295 g/mol. The minimum atomic E-state index is -1.67. The van der Waals surface area contributed by atoms with Crippen molar-refractivity contribution in [3.63, 3.8) is 0 Å². The average molecular weight is 296 g/mol. The Kier molecular flexibility index (Phi) is 16.5. The van der Waals surface area contributed by atoms with Crippen LogP contribution in [0.2, 0.25) is 0 Å². The molecule has 0 aromatic carbocycles. The molecule has 0 aliphatic carbocycles. The molecule has 0 unspecified atom stereocenters. The van der Waals surface area contributed by atoms with Crippen LogP contribution in [-0.2, 0) is 0 Å². The van der Waals surface area contributed by atoms with Crippen molar-refractivity contribution in [3.8, 4) is 0 Å². The van der Waals surface area contributed by atoms with Gasteiger partial charge >= 0.3 is 0 Å². The zero-order valence-corrected chi connectivity index (χ0v) is 13.6. The first-order chi connectivity index (χ1) is 8.62. The van der Waals surface area contributed by atoms with Gasteiger partial charge in [-0.1, -0.05) is 71.6 Å². The van der Waals surface area contributed by atoms with E-state index >= 15 is 0 Å². The van der Waals surface area contributed by atoms with Gasteiger partial charge < -0.3 is 10.2 Å². The maximum Gasteiger partial charge on any atom is 0.222 e. The number of halogens is 1. The fourth-order valence-corrected chi connectivity index (χ4v) is 2.03. The van der Waals surface area contributed by atoms with Crippen molar-refractivity contribution in [2.75, 3.05) is 6.54 Å². The normalized spacial score (nSPS) is 11.4. The van der Waals surface area contributed by atoms with Crippen LogP contribution < -0.4 is 5.32 Å². The fraction of sp³-hybridized carbons (Fsp3) is 1.00. The van der Waals surface area contributed by atoms with Crippen LogP contribution in [-0.4, -0.2) is 22.7 Å². The summed E-state index contributed by atoms with van der Waals surface area (Å²) in [7, 11) is 0. The Labute approximate surface area is 125 Å². The molecule has 3 nitrogen and oxygen atoms in total.